The summed E-state index contributed by atoms with van der Waals surface area (Å²) in [6.07, 6.45) is 1.64. The molecular weight excluding hydrogens is 294 g/mol. The lowest BCUT2D eigenvalue weighted by Gasteiger charge is -2.06. The summed E-state index contributed by atoms with van der Waals surface area (Å²) >= 11 is 1.47. The second kappa shape index (κ2) is 6.33. The molecule has 5 nitrogen and oxygen atoms in total. The van der Waals surface area contributed by atoms with Gasteiger partial charge in [-0.15, -0.1) is 11.3 Å². The minimum Gasteiger partial charge on any atom is -0.357 e. The van der Waals surface area contributed by atoms with E-state index in [2.05, 4.69) is 26.3 Å². The van der Waals surface area contributed by atoms with E-state index in [1.54, 1.807) is 19.3 Å². The first kappa shape index (κ1) is 14.2. The maximum atomic E-state index is 9.51. The SMILES string of the molecule is CNc1nccc(C(C#N)c2nc(-c3ccccc3)cs2)n1. The Morgan fingerprint density at radius 2 is 2.00 bits per heavy atom. The third-order valence-electron chi connectivity index (χ3n) is 3.16. The summed E-state index contributed by atoms with van der Waals surface area (Å²) in [5.41, 5.74) is 2.57. The fourth-order valence-electron chi connectivity index (χ4n) is 2.06. The number of rotatable bonds is 4. The molecule has 1 unspecified atom stereocenters. The van der Waals surface area contributed by atoms with Crippen LogP contribution in [0, 0.1) is 11.3 Å². The van der Waals surface area contributed by atoms with Gasteiger partial charge in [-0.3, -0.25) is 0 Å². The third-order valence-corrected chi connectivity index (χ3v) is 4.07. The Labute approximate surface area is 132 Å². The van der Waals surface area contributed by atoms with Gasteiger partial charge in [0.1, 0.15) is 10.9 Å². The number of hydrogen-bond acceptors (Lipinski definition) is 6. The maximum absolute atomic E-state index is 9.51. The van der Waals surface area contributed by atoms with Crippen molar-refractivity contribution in [1.82, 2.24) is 15.0 Å². The Bertz CT molecular complexity index is 807. The molecule has 3 rings (SSSR count). The minimum absolute atomic E-state index is 0.488. The summed E-state index contributed by atoms with van der Waals surface area (Å²) < 4.78 is 0. The van der Waals surface area contributed by atoms with Crippen LogP contribution in [0.1, 0.15) is 16.6 Å². The number of thiazole rings is 1. The first-order chi connectivity index (χ1) is 10.8. The van der Waals surface area contributed by atoms with Crippen molar-refractivity contribution >= 4 is 17.3 Å². The highest BCUT2D eigenvalue weighted by molar-refractivity contribution is 7.10. The molecule has 0 fully saturated rings. The lowest BCUT2D eigenvalue weighted by molar-refractivity contribution is 0.933. The normalized spacial score (nSPS) is 11.6. The zero-order valence-electron chi connectivity index (χ0n) is 11.9. The van der Waals surface area contributed by atoms with Crippen molar-refractivity contribution in [2.24, 2.45) is 0 Å². The maximum Gasteiger partial charge on any atom is 0.222 e. The van der Waals surface area contributed by atoms with Crippen molar-refractivity contribution in [2.45, 2.75) is 5.92 Å². The van der Waals surface area contributed by atoms with Crippen molar-refractivity contribution in [3.63, 3.8) is 0 Å². The summed E-state index contributed by atoms with van der Waals surface area (Å²) in [6, 6.07) is 13.9. The van der Waals surface area contributed by atoms with E-state index in [1.165, 1.54) is 11.3 Å². The summed E-state index contributed by atoms with van der Waals surface area (Å²) in [7, 11) is 1.75. The topological polar surface area (TPSA) is 74.5 Å². The summed E-state index contributed by atoms with van der Waals surface area (Å²) in [4.78, 5) is 13.0. The molecule has 2 heterocycles. The van der Waals surface area contributed by atoms with Crippen molar-refractivity contribution in [3.8, 4) is 17.3 Å². The monoisotopic (exact) mass is 307 g/mol. The van der Waals surface area contributed by atoms with Crippen LogP contribution in [0.4, 0.5) is 5.95 Å². The van der Waals surface area contributed by atoms with Gasteiger partial charge < -0.3 is 5.32 Å². The first-order valence-corrected chi connectivity index (χ1v) is 7.61. The summed E-state index contributed by atoms with van der Waals surface area (Å²) in [6.45, 7) is 0. The second-order valence-electron chi connectivity index (χ2n) is 4.55. The van der Waals surface area contributed by atoms with E-state index in [1.807, 2.05) is 35.7 Å². The second-order valence-corrected chi connectivity index (χ2v) is 5.44. The molecule has 1 atom stereocenters. The average molecular weight is 307 g/mol. The van der Waals surface area contributed by atoms with Gasteiger partial charge in [0.2, 0.25) is 5.95 Å². The molecule has 1 N–H and O–H groups in total. The standard InChI is InChI=1S/C16H13N5S/c1-18-16-19-8-7-13(21-16)12(9-17)15-20-14(10-22-15)11-5-3-2-4-6-11/h2-8,10,12H,1H3,(H,18,19,21). The number of anilines is 1. The van der Waals surface area contributed by atoms with Crippen molar-refractivity contribution < 1.29 is 0 Å². The van der Waals surface area contributed by atoms with E-state index in [0.717, 1.165) is 16.3 Å². The number of hydrogen-bond donors (Lipinski definition) is 1. The molecule has 108 valence electrons. The van der Waals surface area contributed by atoms with E-state index < -0.39 is 5.92 Å². The zero-order chi connectivity index (χ0) is 15.4. The van der Waals surface area contributed by atoms with Crippen LogP contribution < -0.4 is 5.32 Å². The fraction of sp³-hybridized carbons (Fsp3) is 0.125. The molecule has 0 radical (unpaired) electrons. The van der Waals surface area contributed by atoms with Gasteiger partial charge in [0.05, 0.1) is 17.5 Å². The van der Waals surface area contributed by atoms with Crippen LogP contribution in [0.5, 0.6) is 0 Å². The van der Waals surface area contributed by atoms with Gasteiger partial charge in [0.25, 0.3) is 0 Å². The molecule has 0 aliphatic rings. The molecule has 0 aliphatic carbocycles. The highest BCUT2D eigenvalue weighted by Gasteiger charge is 2.19. The first-order valence-electron chi connectivity index (χ1n) is 6.73. The summed E-state index contributed by atoms with van der Waals surface area (Å²) in [5.74, 6) is 0.00940. The lowest BCUT2D eigenvalue weighted by Crippen LogP contribution is -2.04. The van der Waals surface area contributed by atoms with Crippen LogP contribution in [0.25, 0.3) is 11.3 Å². The molecule has 0 amide bonds. The van der Waals surface area contributed by atoms with E-state index in [0.29, 0.717) is 11.6 Å². The Balaban J connectivity index is 1.95. The average Bonchev–Trinajstić information content (AvgIpc) is 3.06. The van der Waals surface area contributed by atoms with Crippen LogP contribution in [0.3, 0.4) is 0 Å². The molecule has 2 aromatic heterocycles. The highest BCUT2D eigenvalue weighted by Crippen LogP contribution is 2.29. The number of nitrogens with zero attached hydrogens (tertiary/aromatic N) is 4. The van der Waals surface area contributed by atoms with Crippen LogP contribution in [-0.4, -0.2) is 22.0 Å². The Morgan fingerprint density at radius 1 is 1.18 bits per heavy atom. The molecule has 3 aromatic rings. The van der Waals surface area contributed by atoms with Gasteiger partial charge in [0.15, 0.2) is 0 Å². The number of aromatic nitrogens is 3. The van der Waals surface area contributed by atoms with Crippen LogP contribution in [-0.2, 0) is 0 Å². The largest absolute Gasteiger partial charge is 0.357 e. The fourth-order valence-corrected chi connectivity index (χ4v) is 2.95. The molecule has 22 heavy (non-hydrogen) atoms. The Kier molecular flexibility index (Phi) is 4.08. The van der Waals surface area contributed by atoms with Crippen LogP contribution in [0.15, 0.2) is 48.0 Å². The predicted molar refractivity (Wildman–Crippen MR) is 86.6 cm³/mol. The highest BCUT2D eigenvalue weighted by atomic mass is 32.1. The van der Waals surface area contributed by atoms with Crippen molar-refractivity contribution in [3.05, 3.63) is 58.7 Å². The van der Waals surface area contributed by atoms with Crippen LogP contribution >= 0.6 is 11.3 Å². The summed E-state index contributed by atoms with van der Waals surface area (Å²) in [5, 5.41) is 15.1. The van der Waals surface area contributed by atoms with Crippen molar-refractivity contribution in [1.29, 1.82) is 5.26 Å². The molecular formula is C16H13N5S. The molecule has 0 bridgehead atoms. The van der Waals surface area contributed by atoms with Gasteiger partial charge in [-0.1, -0.05) is 30.3 Å². The van der Waals surface area contributed by atoms with E-state index in [-0.39, 0.29) is 0 Å². The molecule has 0 spiro atoms. The Morgan fingerprint density at radius 3 is 2.73 bits per heavy atom. The van der Waals surface area contributed by atoms with E-state index >= 15 is 0 Å². The molecule has 0 saturated heterocycles. The zero-order valence-corrected chi connectivity index (χ0v) is 12.7. The number of nitrogens with one attached hydrogen (secondary N) is 1. The minimum atomic E-state index is -0.488. The molecule has 0 saturated carbocycles. The molecule has 1 aromatic carbocycles. The van der Waals surface area contributed by atoms with Gasteiger partial charge in [-0.25, -0.2) is 15.0 Å². The van der Waals surface area contributed by atoms with Crippen molar-refractivity contribution in [2.75, 3.05) is 12.4 Å². The van der Waals surface area contributed by atoms with Gasteiger partial charge in [0, 0.05) is 24.2 Å². The van der Waals surface area contributed by atoms with Gasteiger partial charge in [-0.2, -0.15) is 5.26 Å². The number of benzene rings is 1. The smallest absolute Gasteiger partial charge is 0.222 e. The molecule has 0 aliphatic heterocycles. The van der Waals surface area contributed by atoms with Crippen LogP contribution in [0.2, 0.25) is 0 Å². The lowest BCUT2D eigenvalue weighted by atomic mass is 10.1. The molecule has 6 heteroatoms. The Hall–Kier alpha value is -2.78. The van der Waals surface area contributed by atoms with E-state index in [4.69, 9.17) is 0 Å². The number of nitriles is 1. The predicted octanol–water partition coefficient (Wildman–Crippen LogP) is 3.30. The van der Waals surface area contributed by atoms with E-state index in [9.17, 15) is 5.26 Å². The quantitative estimate of drug-likeness (QED) is 0.800. The van der Waals surface area contributed by atoms with Gasteiger partial charge >= 0.3 is 0 Å². The van der Waals surface area contributed by atoms with Gasteiger partial charge in [-0.05, 0) is 6.07 Å². The third kappa shape index (κ3) is 2.80.